The number of hydrogen-bond acceptors (Lipinski definition) is 7. The summed E-state index contributed by atoms with van der Waals surface area (Å²) in [6.45, 7) is 11.2. The number of benzene rings is 2. The van der Waals surface area contributed by atoms with Gasteiger partial charge in [0.1, 0.15) is 17.2 Å². The standard InChI is InChI=1S/C28H39F2N5O3/c1-19(2)35-20(3)32-28-26(30)15-21(16-27(28)35)24-17-22(5-6-25(24)29)33-34-9-8-31-23(18-34)7-10-37-13-14-38-12-11-36-4/h5-6,15-17,19,23,31,33H,7-14,18H2,1-4H3. The number of aromatic nitrogens is 2. The average molecular weight is 532 g/mol. The molecule has 1 aliphatic heterocycles. The molecule has 2 heterocycles. The SMILES string of the molecule is COCCOCCOCCC1CN(Nc2ccc(F)c(-c3cc(F)c4nc(C)n(C(C)C)c4c3)c2)CCN1. The number of anilines is 1. The van der Waals surface area contributed by atoms with Crippen LogP contribution in [0, 0.1) is 18.6 Å². The lowest BCUT2D eigenvalue weighted by molar-refractivity contribution is 0.0216. The number of hydrogen-bond donors (Lipinski definition) is 2. The Labute approximate surface area is 223 Å². The molecule has 0 radical (unpaired) electrons. The number of hydrazine groups is 1. The van der Waals surface area contributed by atoms with Crippen molar-refractivity contribution in [3.8, 4) is 11.1 Å². The summed E-state index contributed by atoms with van der Waals surface area (Å²) in [7, 11) is 1.65. The molecule has 0 saturated carbocycles. The number of nitrogens with zero attached hydrogens (tertiary/aromatic N) is 3. The van der Waals surface area contributed by atoms with E-state index >= 15 is 4.39 Å². The van der Waals surface area contributed by atoms with Crippen molar-refractivity contribution in [2.24, 2.45) is 0 Å². The summed E-state index contributed by atoms with van der Waals surface area (Å²) in [6.07, 6.45) is 0.868. The number of methoxy groups -OCH3 is 1. The van der Waals surface area contributed by atoms with Crippen molar-refractivity contribution < 1.29 is 23.0 Å². The van der Waals surface area contributed by atoms with Gasteiger partial charge in [0.05, 0.1) is 31.9 Å². The first kappa shape index (κ1) is 28.4. The molecule has 0 amide bonds. The molecule has 4 rings (SSSR count). The fraction of sp³-hybridized carbons (Fsp3) is 0.536. The van der Waals surface area contributed by atoms with E-state index in [4.69, 9.17) is 14.2 Å². The van der Waals surface area contributed by atoms with Gasteiger partial charge in [-0.1, -0.05) is 0 Å². The van der Waals surface area contributed by atoms with Gasteiger partial charge in [-0.2, -0.15) is 0 Å². The van der Waals surface area contributed by atoms with Crippen LogP contribution >= 0.6 is 0 Å². The van der Waals surface area contributed by atoms with Crippen molar-refractivity contribution in [1.29, 1.82) is 0 Å². The molecule has 10 heteroatoms. The maximum absolute atomic E-state index is 15.0. The molecule has 208 valence electrons. The van der Waals surface area contributed by atoms with E-state index < -0.39 is 11.6 Å². The van der Waals surface area contributed by atoms with E-state index in [0.717, 1.165) is 37.6 Å². The minimum Gasteiger partial charge on any atom is -0.382 e. The summed E-state index contributed by atoms with van der Waals surface area (Å²) in [5.74, 6) is -0.120. The molecule has 3 aromatic rings. The van der Waals surface area contributed by atoms with Gasteiger partial charge in [0, 0.05) is 56.7 Å². The second-order valence-electron chi connectivity index (χ2n) is 9.86. The van der Waals surface area contributed by atoms with Crippen LogP contribution in [0.4, 0.5) is 14.5 Å². The molecule has 0 spiro atoms. The zero-order chi connectivity index (χ0) is 27.1. The summed E-state index contributed by atoms with van der Waals surface area (Å²) >= 11 is 0. The molecular weight excluding hydrogens is 492 g/mol. The molecule has 1 fully saturated rings. The summed E-state index contributed by atoms with van der Waals surface area (Å²) in [5, 5.41) is 5.64. The first-order valence-corrected chi connectivity index (χ1v) is 13.2. The molecule has 2 N–H and O–H groups in total. The van der Waals surface area contributed by atoms with Crippen LogP contribution in [0.5, 0.6) is 0 Å². The van der Waals surface area contributed by atoms with Gasteiger partial charge in [0.15, 0.2) is 5.82 Å². The lowest BCUT2D eigenvalue weighted by Crippen LogP contribution is -2.52. The number of fused-ring (bicyclic) bond motifs is 1. The Morgan fingerprint density at radius 1 is 1.05 bits per heavy atom. The average Bonchev–Trinajstić information content (AvgIpc) is 3.23. The highest BCUT2D eigenvalue weighted by molar-refractivity contribution is 5.84. The van der Waals surface area contributed by atoms with Gasteiger partial charge in [0.2, 0.25) is 0 Å². The molecule has 1 atom stereocenters. The number of rotatable bonds is 13. The number of ether oxygens (including phenoxy) is 3. The second-order valence-corrected chi connectivity index (χ2v) is 9.86. The highest BCUT2D eigenvalue weighted by atomic mass is 19.1. The minimum absolute atomic E-state index is 0.104. The topological polar surface area (TPSA) is 72.8 Å². The van der Waals surface area contributed by atoms with Crippen LogP contribution < -0.4 is 10.7 Å². The van der Waals surface area contributed by atoms with Crippen LogP contribution in [0.1, 0.15) is 32.1 Å². The van der Waals surface area contributed by atoms with E-state index in [1.54, 1.807) is 19.2 Å². The molecule has 1 unspecified atom stereocenters. The Kier molecular flexibility index (Phi) is 10.0. The summed E-state index contributed by atoms with van der Waals surface area (Å²) < 4.78 is 48.0. The van der Waals surface area contributed by atoms with E-state index in [1.165, 1.54) is 12.1 Å². The van der Waals surface area contributed by atoms with Crippen molar-refractivity contribution in [2.75, 3.05) is 65.2 Å². The fourth-order valence-corrected chi connectivity index (χ4v) is 4.89. The number of nitrogens with one attached hydrogen (secondary N) is 2. The van der Waals surface area contributed by atoms with Crippen molar-refractivity contribution in [3.63, 3.8) is 0 Å². The quantitative estimate of drug-likeness (QED) is 0.314. The van der Waals surface area contributed by atoms with Gasteiger partial charge in [-0.25, -0.2) is 18.8 Å². The minimum atomic E-state index is -0.452. The van der Waals surface area contributed by atoms with E-state index in [-0.39, 0.29) is 12.1 Å². The number of halogens is 2. The largest absolute Gasteiger partial charge is 0.382 e. The van der Waals surface area contributed by atoms with Crippen LogP contribution in [0.15, 0.2) is 30.3 Å². The van der Waals surface area contributed by atoms with E-state index in [0.29, 0.717) is 55.2 Å². The van der Waals surface area contributed by atoms with Crippen LogP contribution in [0.25, 0.3) is 22.2 Å². The molecule has 1 saturated heterocycles. The lowest BCUT2D eigenvalue weighted by atomic mass is 10.0. The molecule has 8 nitrogen and oxygen atoms in total. The molecule has 0 bridgehead atoms. The van der Waals surface area contributed by atoms with Gasteiger partial charge in [-0.05, 0) is 63.1 Å². The third kappa shape index (κ3) is 7.06. The Balaban J connectivity index is 1.39. The third-order valence-electron chi connectivity index (χ3n) is 6.68. The monoisotopic (exact) mass is 531 g/mol. The highest BCUT2D eigenvalue weighted by Crippen LogP contribution is 2.32. The van der Waals surface area contributed by atoms with Gasteiger partial charge in [-0.15, -0.1) is 0 Å². The molecule has 38 heavy (non-hydrogen) atoms. The summed E-state index contributed by atoms with van der Waals surface area (Å²) in [6, 6.07) is 8.43. The lowest BCUT2D eigenvalue weighted by Gasteiger charge is -2.34. The van der Waals surface area contributed by atoms with Gasteiger partial charge < -0.3 is 29.5 Å². The van der Waals surface area contributed by atoms with Crippen molar-refractivity contribution >= 4 is 16.7 Å². The Hall–Kier alpha value is -2.63. The summed E-state index contributed by atoms with van der Waals surface area (Å²) in [4.78, 5) is 4.39. The highest BCUT2D eigenvalue weighted by Gasteiger charge is 2.20. The molecular formula is C28H39F2N5O3. The van der Waals surface area contributed by atoms with Crippen LogP contribution in [0.2, 0.25) is 0 Å². The zero-order valence-electron chi connectivity index (χ0n) is 22.7. The van der Waals surface area contributed by atoms with Crippen LogP contribution in [-0.2, 0) is 14.2 Å². The number of imidazole rings is 1. The van der Waals surface area contributed by atoms with Crippen molar-refractivity contribution in [3.05, 3.63) is 47.8 Å². The van der Waals surface area contributed by atoms with Gasteiger partial charge in [-0.3, -0.25) is 0 Å². The molecule has 1 aliphatic rings. The van der Waals surface area contributed by atoms with Crippen LogP contribution in [0.3, 0.4) is 0 Å². The zero-order valence-corrected chi connectivity index (χ0v) is 22.7. The number of aryl methyl sites for hydroxylation is 1. The first-order valence-electron chi connectivity index (χ1n) is 13.2. The molecule has 2 aromatic carbocycles. The maximum atomic E-state index is 15.0. The third-order valence-corrected chi connectivity index (χ3v) is 6.68. The van der Waals surface area contributed by atoms with Crippen LogP contribution in [-0.4, -0.2) is 80.4 Å². The molecule has 0 aliphatic carbocycles. The summed E-state index contributed by atoms with van der Waals surface area (Å²) in [5.41, 5.74) is 5.96. The second kappa shape index (κ2) is 13.4. The Bertz CT molecular complexity index is 1200. The predicted molar refractivity (Wildman–Crippen MR) is 145 cm³/mol. The van der Waals surface area contributed by atoms with Crippen molar-refractivity contribution in [2.45, 2.75) is 39.3 Å². The van der Waals surface area contributed by atoms with E-state index in [1.807, 2.05) is 31.4 Å². The normalized spacial score (nSPS) is 16.6. The van der Waals surface area contributed by atoms with E-state index in [2.05, 4.69) is 20.7 Å². The van der Waals surface area contributed by atoms with E-state index in [9.17, 15) is 4.39 Å². The van der Waals surface area contributed by atoms with Gasteiger partial charge in [0.25, 0.3) is 0 Å². The molecule has 1 aromatic heterocycles. The number of piperazine rings is 1. The maximum Gasteiger partial charge on any atom is 0.151 e. The smallest absolute Gasteiger partial charge is 0.151 e. The van der Waals surface area contributed by atoms with Gasteiger partial charge >= 0.3 is 0 Å². The predicted octanol–water partition coefficient (Wildman–Crippen LogP) is 4.54. The Morgan fingerprint density at radius 3 is 2.58 bits per heavy atom. The Morgan fingerprint density at radius 2 is 1.82 bits per heavy atom. The first-order chi connectivity index (χ1) is 18.4. The fourth-order valence-electron chi connectivity index (χ4n) is 4.89. The van der Waals surface area contributed by atoms with Crippen molar-refractivity contribution in [1.82, 2.24) is 19.9 Å².